The lowest BCUT2D eigenvalue weighted by Crippen LogP contribution is -2.11. The first-order valence-corrected chi connectivity index (χ1v) is 6.03. The van der Waals surface area contributed by atoms with Crippen LogP contribution in [-0.2, 0) is 0 Å². The van der Waals surface area contributed by atoms with E-state index >= 15 is 0 Å². The van der Waals surface area contributed by atoms with Gasteiger partial charge in [-0.15, -0.1) is 0 Å². The third-order valence-electron chi connectivity index (χ3n) is 3.35. The first-order chi connectivity index (χ1) is 8.90. The molecule has 2 aliphatic heterocycles. The van der Waals surface area contributed by atoms with Crippen LogP contribution in [-0.4, -0.2) is 6.73 Å². The molecule has 18 heavy (non-hydrogen) atoms. The van der Waals surface area contributed by atoms with Gasteiger partial charge in [-0.3, -0.25) is 0 Å². The van der Waals surface area contributed by atoms with Crippen LogP contribution in [0.1, 0.15) is 11.7 Å². The lowest BCUT2D eigenvalue weighted by molar-refractivity contribution is 0.372. The van der Waals surface area contributed by atoms with Crippen LogP contribution in [0.3, 0.4) is 0 Å². The van der Waals surface area contributed by atoms with E-state index in [0.717, 1.165) is 22.8 Å². The van der Waals surface area contributed by atoms with Gasteiger partial charge in [0, 0.05) is 0 Å². The van der Waals surface area contributed by atoms with Crippen molar-refractivity contribution < 1.29 is 4.74 Å². The highest BCUT2D eigenvalue weighted by atomic mass is 16.5. The van der Waals surface area contributed by atoms with E-state index in [1.54, 1.807) is 0 Å². The highest BCUT2D eigenvalue weighted by Gasteiger charge is 2.22. The SMILES string of the molecule is c1ccc2c(c1)NC(c1ccc3c(c1)NCO3)N2. The van der Waals surface area contributed by atoms with Crippen LogP contribution in [0.4, 0.5) is 17.1 Å². The first-order valence-electron chi connectivity index (χ1n) is 6.03. The fraction of sp³-hybridized carbons (Fsp3) is 0.143. The van der Waals surface area contributed by atoms with Crippen LogP contribution in [0.5, 0.6) is 5.75 Å². The first kappa shape index (κ1) is 9.65. The van der Waals surface area contributed by atoms with Gasteiger partial charge in [-0.2, -0.15) is 0 Å². The summed E-state index contributed by atoms with van der Waals surface area (Å²) in [5, 5.41) is 10.1. The lowest BCUT2D eigenvalue weighted by atomic mass is 10.1. The number of hydrogen-bond donors (Lipinski definition) is 3. The van der Waals surface area contributed by atoms with Gasteiger partial charge in [0.15, 0.2) is 6.73 Å². The number of anilines is 3. The maximum absolute atomic E-state index is 5.43. The van der Waals surface area contributed by atoms with Crippen LogP contribution in [0, 0.1) is 0 Å². The molecule has 4 heteroatoms. The Morgan fingerprint density at radius 2 is 1.72 bits per heavy atom. The summed E-state index contributed by atoms with van der Waals surface area (Å²) in [5.41, 5.74) is 4.55. The van der Waals surface area contributed by atoms with Crippen molar-refractivity contribution in [1.82, 2.24) is 0 Å². The van der Waals surface area contributed by atoms with Gasteiger partial charge in [0.1, 0.15) is 11.9 Å². The summed E-state index contributed by atoms with van der Waals surface area (Å²) >= 11 is 0. The second-order valence-electron chi connectivity index (χ2n) is 4.49. The molecule has 0 spiro atoms. The quantitative estimate of drug-likeness (QED) is 0.716. The molecule has 2 heterocycles. The van der Waals surface area contributed by atoms with Crippen molar-refractivity contribution in [3.8, 4) is 5.75 Å². The fourth-order valence-corrected chi connectivity index (χ4v) is 2.43. The number of ether oxygens (including phenoxy) is 1. The van der Waals surface area contributed by atoms with Crippen molar-refractivity contribution >= 4 is 17.1 Å². The number of nitrogens with one attached hydrogen (secondary N) is 3. The van der Waals surface area contributed by atoms with Crippen molar-refractivity contribution in [2.75, 3.05) is 22.7 Å². The van der Waals surface area contributed by atoms with Crippen molar-refractivity contribution in [3.05, 3.63) is 48.0 Å². The summed E-state index contributed by atoms with van der Waals surface area (Å²) in [6.45, 7) is 0.560. The summed E-state index contributed by atoms with van der Waals surface area (Å²) in [5.74, 6) is 0.925. The number of para-hydroxylation sites is 2. The average Bonchev–Trinajstić information content (AvgIpc) is 3.04. The van der Waals surface area contributed by atoms with E-state index in [1.807, 2.05) is 18.2 Å². The minimum atomic E-state index is 0.120. The van der Waals surface area contributed by atoms with Crippen molar-refractivity contribution in [2.24, 2.45) is 0 Å². The van der Waals surface area contributed by atoms with Gasteiger partial charge in [-0.05, 0) is 29.8 Å². The van der Waals surface area contributed by atoms with Gasteiger partial charge in [0.05, 0.1) is 17.1 Å². The minimum Gasteiger partial charge on any atom is -0.471 e. The predicted octanol–water partition coefficient (Wildman–Crippen LogP) is 2.98. The summed E-state index contributed by atoms with van der Waals surface area (Å²) in [7, 11) is 0. The summed E-state index contributed by atoms with van der Waals surface area (Å²) in [6, 6.07) is 14.5. The molecular weight excluding hydrogens is 226 g/mol. The van der Waals surface area contributed by atoms with Gasteiger partial charge >= 0.3 is 0 Å². The van der Waals surface area contributed by atoms with Gasteiger partial charge in [-0.1, -0.05) is 18.2 Å². The van der Waals surface area contributed by atoms with E-state index in [9.17, 15) is 0 Å². The Kier molecular flexibility index (Phi) is 1.91. The van der Waals surface area contributed by atoms with Crippen LogP contribution in [0.15, 0.2) is 42.5 Å². The molecule has 0 bridgehead atoms. The number of hydrogen-bond acceptors (Lipinski definition) is 4. The standard InChI is InChI=1S/C14H13N3O/c1-2-4-11-10(3-1)16-14(17-11)9-5-6-13-12(7-9)15-8-18-13/h1-7,14-17H,8H2. The molecule has 0 aromatic heterocycles. The molecule has 0 unspecified atom stereocenters. The maximum atomic E-state index is 5.43. The van der Waals surface area contributed by atoms with Crippen LogP contribution in [0.25, 0.3) is 0 Å². The fourth-order valence-electron chi connectivity index (χ4n) is 2.43. The second kappa shape index (κ2) is 3.57. The Labute approximate surface area is 105 Å². The lowest BCUT2D eigenvalue weighted by Gasteiger charge is -2.13. The number of rotatable bonds is 1. The van der Waals surface area contributed by atoms with Gasteiger partial charge < -0.3 is 20.7 Å². The summed E-state index contributed by atoms with van der Waals surface area (Å²) < 4.78 is 5.43. The summed E-state index contributed by atoms with van der Waals surface area (Å²) in [6.07, 6.45) is 0.120. The number of benzene rings is 2. The Bertz CT molecular complexity index is 587. The monoisotopic (exact) mass is 239 g/mol. The molecule has 3 N–H and O–H groups in total. The molecule has 0 fully saturated rings. The highest BCUT2D eigenvalue weighted by molar-refractivity contribution is 5.75. The normalized spacial score (nSPS) is 16.0. The van der Waals surface area contributed by atoms with Gasteiger partial charge in [0.2, 0.25) is 0 Å². The molecule has 0 aliphatic carbocycles. The molecule has 2 aromatic rings. The molecule has 4 rings (SSSR count). The van der Waals surface area contributed by atoms with E-state index in [2.05, 4.69) is 40.2 Å². The summed E-state index contributed by atoms with van der Waals surface area (Å²) in [4.78, 5) is 0. The Balaban J connectivity index is 1.66. The molecule has 2 aliphatic rings. The minimum absolute atomic E-state index is 0.120. The third-order valence-corrected chi connectivity index (χ3v) is 3.35. The molecular formula is C14H13N3O. The molecule has 0 radical (unpaired) electrons. The largest absolute Gasteiger partial charge is 0.471 e. The zero-order chi connectivity index (χ0) is 11.9. The highest BCUT2D eigenvalue weighted by Crippen LogP contribution is 2.37. The topological polar surface area (TPSA) is 45.3 Å². The van der Waals surface area contributed by atoms with E-state index in [1.165, 1.54) is 5.56 Å². The zero-order valence-electron chi connectivity index (χ0n) is 9.73. The zero-order valence-corrected chi connectivity index (χ0v) is 9.73. The molecule has 0 atom stereocenters. The van der Waals surface area contributed by atoms with E-state index in [0.29, 0.717) is 6.73 Å². The third kappa shape index (κ3) is 1.39. The predicted molar refractivity (Wildman–Crippen MR) is 72.0 cm³/mol. The van der Waals surface area contributed by atoms with Crippen molar-refractivity contribution in [2.45, 2.75) is 6.17 Å². The van der Waals surface area contributed by atoms with E-state index < -0.39 is 0 Å². The van der Waals surface area contributed by atoms with Gasteiger partial charge in [0.25, 0.3) is 0 Å². The smallest absolute Gasteiger partial charge is 0.159 e. The molecule has 4 nitrogen and oxygen atoms in total. The molecule has 90 valence electrons. The second-order valence-corrected chi connectivity index (χ2v) is 4.49. The van der Waals surface area contributed by atoms with Gasteiger partial charge in [-0.25, -0.2) is 0 Å². The number of fused-ring (bicyclic) bond motifs is 2. The van der Waals surface area contributed by atoms with E-state index in [-0.39, 0.29) is 6.17 Å². The molecule has 2 aromatic carbocycles. The Hall–Kier alpha value is -2.36. The van der Waals surface area contributed by atoms with Crippen LogP contribution < -0.4 is 20.7 Å². The van der Waals surface area contributed by atoms with Crippen molar-refractivity contribution in [3.63, 3.8) is 0 Å². The Morgan fingerprint density at radius 3 is 2.50 bits per heavy atom. The molecule has 0 saturated carbocycles. The average molecular weight is 239 g/mol. The van der Waals surface area contributed by atoms with E-state index in [4.69, 9.17) is 4.74 Å². The van der Waals surface area contributed by atoms with Crippen LogP contribution in [0.2, 0.25) is 0 Å². The molecule has 0 amide bonds. The van der Waals surface area contributed by atoms with Crippen LogP contribution >= 0.6 is 0 Å². The molecule has 0 saturated heterocycles. The maximum Gasteiger partial charge on any atom is 0.159 e. The Morgan fingerprint density at radius 1 is 0.944 bits per heavy atom. The van der Waals surface area contributed by atoms with Crippen molar-refractivity contribution in [1.29, 1.82) is 0 Å².